The summed E-state index contributed by atoms with van der Waals surface area (Å²) < 4.78 is 27.7. The van der Waals surface area contributed by atoms with Crippen molar-refractivity contribution in [3.05, 3.63) is 60.2 Å². The van der Waals surface area contributed by atoms with E-state index in [0.29, 0.717) is 11.1 Å². The van der Waals surface area contributed by atoms with Crippen LogP contribution in [0.4, 0.5) is 0 Å². The van der Waals surface area contributed by atoms with Crippen LogP contribution in [0.2, 0.25) is 0 Å². The summed E-state index contributed by atoms with van der Waals surface area (Å²) in [6.45, 7) is 8.41. The number of hydrogen-bond donors (Lipinski definition) is 1. The van der Waals surface area contributed by atoms with E-state index in [-0.39, 0.29) is 25.4 Å². The van der Waals surface area contributed by atoms with Gasteiger partial charge in [-0.25, -0.2) is 9.36 Å². The van der Waals surface area contributed by atoms with Gasteiger partial charge >= 0.3 is 13.8 Å². The van der Waals surface area contributed by atoms with Crippen molar-refractivity contribution in [1.29, 1.82) is 0 Å². The van der Waals surface area contributed by atoms with Gasteiger partial charge in [-0.1, -0.05) is 24.3 Å². The van der Waals surface area contributed by atoms with Crippen LogP contribution in [0.15, 0.2) is 43.5 Å². The Kier molecular flexibility index (Phi) is 7.21. The van der Waals surface area contributed by atoms with Crippen LogP contribution in [0, 0.1) is 6.92 Å². The normalized spacial score (nSPS) is 11.1. The highest BCUT2D eigenvalue weighted by atomic mass is 31.2. The zero-order chi connectivity index (χ0) is 16.6. The minimum absolute atomic E-state index is 0.0199. The largest absolute Gasteiger partial charge is 0.478 e. The first kappa shape index (κ1) is 18.3. The van der Waals surface area contributed by atoms with Gasteiger partial charge in [0.1, 0.15) is 0 Å². The predicted octanol–water partition coefficient (Wildman–Crippen LogP) is 3.72. The maximum atomic E-state index is 12.4. The Balaban J connectivity index is 2.93. The summed E-state index contributed by atoms with van der Waals surface area (Å²) in [7, 11) is -3.82. The molecule has 0 heterocycles. The minimum Gasteiger partial charge on any atom is -0.478 e. The third-order valence-electron chi connectivity index (χ3n) is 2.71. The Morgan fingerprint density at radius 3 is 2.32 bits per heavy atom. The molecule has 0 saturated carbocycles. The van der Waals surface area contributed by atoms with Crippen molar-refractivity contribution in [1.82, 2.24) is 0 Å². The monoisotopic (exact) mass is 326 g/mol. The zero-order valence-corrected chi connectivity index (χ0v) is 13.3. The van der Waals surface area contributed by atoms with Gasteiger partial charge in [-0.05, 0) is 24.1 Å². The fraction of sp³-hybridized carbons (Fsp3) is 0.267. The van der Waals surface area contributed by atoms with Crippen molar-refractivity contribution in [2.45, 2.75) is 13.5 Å². The summed E-state index contributed by atoms with van der Waals surface area (Å²) in [5.41, 5.74) is 1.21. The van der Waals surface area contributed by atoms with Gasteiger partial charge in [-0.2, -0.15) is 0 Å². The van der Waals surface area contributed by atoms with Gasteiger partial charge < -0.3 is 5.11 Å². The van der Waals surface area contributed by atoms with E-state index in [2.05, 4.69) is 13.2 Å². The van der Waals surface area contributed by atoms with Crippen molar-refractivity contribution >= 4 is 13.8 Å². The number of phosphoric acid groups is 1. The molecule has 7 heteroatoms. The standard InChI is InChI=1S/C15H19O6P/c1-4-9-19-22(18,20-10-5-2)21-11-14-12(3)7-6-8-13(14)15(16)17/h4-8H,1-2,9-11H2,3H3,(H,16,17). The topological polar surface area (TPSA) is 82.1 Å². The number of aryl methyl sites for hydroxylation is 1. The van der Waals surface area contributed by atoms with E-state index in [1.165, 1.54) is 18.2 Å². The molecule has 0 aliphatic heterocycles. The molecule has 0 aliphatic carbocycles. The molecular weight excluding hydrogens is 307 g/mol. The highest BCUT2D eigenvalue weighted by Gasteiger charge is 2.27. The summed E-state index contributed by atoms with van der Waals surface area (Å²) in [4.78, 5) is 11.2. The van der Waals surface area contributed by atoms with Gasteiger partial charge in [0.05, 0.1) is 25.4 Å². The van der Waals surface area contributed by atoms with Crippen LogP contribution in [-0.4, -0.2) is 24.3 Å². The van der Waals surface area contributed by atoms with Crippen LogP contribution in [0.25, 0.3) is 0 Å². The molecule has 0 saturated heterocycles. The molecule has 1 rings (SSSR count). The third-order valence-corrected chi connectivity index (χ3v) is 4.08. The fourth-order valence-corrected chi connectivity index (χ4v) is 2.72. The molecule has 1 aromatic carbocycles. The number of carboxylic acid groups (broad SMARTS) is 1. The van der Waals surface area contributed by atoms with E-state index in [4.69, 9.17) is 13.6 Å². The molecule has 6 nitrogen and oxygen atoms in total. The third kappa shape index (κ3) is 5.24. The first-order chi connectivity index (χ1) is 10.4. The number of rotatable bonds is 10. The van der Waals surface area contributed by atoms with Gasteiger partial charge in [0.15, 0.2) is 0 Å². The lowest BCUT2D eigenvalue weighted by molar-refractivity contribution is 0.0690. The van der Waals surface area contributed by atoms with Crippen molar-refractivity contribution in [3.8, 4) is 0 Å². The van der Waals surface area contributed by atoms with Gasteiger partial charge in [0.2, 0.25) is 0 Å². The Hall–Kier alpha value is -1.72. The van der Waals surface area contributed by atoms with Gasteiger partial charge in [0, 0.05) is 0 Å². The lowest BCUT2D eigenvalue weighted by Gasteiger charge is -2.18. The van der Waals surface area contributed by atoms with Crippen molar-refractivity contribution in [2.75, 3.05) is 13.2 Å². The Labute approximate surface area is 129 Å². The average Bonchev–Trinajstić information content (AvgIpc) is 2.49. The van der Waals surface area contributed by atoms with E-state index < -0.39 is 13.8 Å². The van der Waals surface area contributed by atoms with Crippen LogP contribution < -0.4 is 0 Å². The first-order valence-electron chi connectivity index (χ1n) is 6.50. The second-order valence-electron chi connectivity index (χ2n) is 4.30. The molecule has 0 aromatic heterocycles. The second kappa shape index (κ2) is 8.66. The zero-order valence-electron chi connectivity index (χ0n) is 12.4. The van der Waals surface area contributed by atoms with Crippen LogP contribution in [0.5, 0.6) is 0 Å². The van der Waals surface area contributed by atoms with Crippen LogP contribution in [0.3, 0.4) is 0 Å². The van der Waals surface area contributed by atoms with Crippen molar-refractivity contribution in [2.24, 2.45) is 0 Å². The number of carbonyl (C=O) groups is 1. The van der Waals surface area contributed by atoms with E-state index in [1.54, 1.807) is 19.1 Å². The Morgan fingerprint density at radius 2 is 1.82 bits per heavy atom. The first-order valence-corrected chi connectivity index (χ1v) is 7.97. The fourth-order valence-electron chi connectivity index (χ4n) is 1.64. The molecule has 0 bridgehead atoms. The van der Waals surface area contributed by atoms with E-state index in [1.807, 2.05) is 0 Å². The summed E-state index contributed by atoms with van der Waals surface area (Å²) in [6.07, 6.45) is 2.81. The summed E-state index contributed by atoms with van der Waals surface area (Å²) in [5.74, 6) is -1.09. The lowest BCUT2D eigenvalue weighted by Crippen LogP contribution is -2.07. The molecule has 120 valence electrons. The average molecular weight is 326 g/mol. The van der Waals surface area contributed by atoms with Crippen LogP contribution in [-0.2, 0) is 24.7 Å². The number of hydrogen-bond acceptors (Lipinski definition) is 5. The molecule has 0 spiro atoms. The molecule has 1 aromatic rings. The molecular formula is C15H19O6P. The molecule has 0 amide bonds. The number of phosphoric ester groups is 1. The predicted molar refractivity (Wildman–Crippen MR) is 82.8 cm³/mol. The molecule has 0 radical (unpaired) electrons. The molecule has 22 heavy (non-hydrogen) atoms. The van der Waals surface area contributed by atoms with Crippen molar-refractivity contribution in [3.63, 3.8) is 0 Å². The quantitative estimate of drug-likeness (QED) is 0.521. The van der Waals surface area contributed by atoms with Crippen molar-refractivity contribution < 1.29 is 28.0 Å². The second-order valence-corrected chi connectivity index (χ2v) is 5.96. The van der Waals surface area contributed by atoms with E-state index in [0.717, 1.165) is 0 Å². The maximum Gasteiger partial charge on any atom is 0.475 e. The summed E-state index contributed by atoms with van der Waals surface area (Å²) >= 11 is 0. The number of aromatic carboxylic acids is 1. The molecule has 0 fully saturated rings. The molecule has 0 aliphatic rings. The summed E-state index contributed by atoms with van der Waals surface area (Å²) in [5, 5.41) is 9.19. The highest BCUT2D eigenvalue weighted by Crippen LogP contribution is 2.50. The maximum absolute atomic E-state index is 12.4. The summed E-state index contributed by atoms with van der Waals surface area (Å²) in [6, 6.07) is 4.82. The molecule has 1 N–H and O–H groups in total. The number of carboxylic acids is 1. The highest BCUT2D eigenvalue weighted by molar-refractivity contribution is 7.48. The van der Waals surface area contributed by atoms with Crippen LogP contribution >= 0.6 is 7.82 Å². The van der Waals surface area contributed by atoms with Gasteiger partial charge in [-0.15, -0.1) is 13.2 Å². The van der Waals surface area contributed by atoms with E-state index in [9.17, 15) is 14.5 Å². The van der Waals surface area contributed by atoms with Gasteiger partial charge in [-0.3, -0.25) is 13.6 Å². The lowest BCUT2D eigenvalue weighted by atomic mass is 10.0. The SMILES string of the molecule is C=CCOP(=O)(OCC=C)OCc1c(C)cccc1C(=O)O. The van der Waals surface area contributed by atoms with Gasteiger partial charge in [0.25, 0.3) is 0 Å². The molecule has 0 unspecified atom stereocenters. The minimum atomic E-state index is -3.82. The number of benzene rings is 1. The Morgan fingerprint density at radius 1 is 1.23 bits per heavy atom. The molecule has 0 atom stereocenters. The smallest absolute Gasteiger partial charge is 0.475 e. The van der Waals surface area contributed by atoms with Crippen LogP contribution in [0.1, 0.15) is 21.5 Å². The van der Waals surface area contributed by atoms with E-state index >= 15 is 0 Å². The Bertz CT molecular complexity index is 580.